The van der Waals surface area contributed by atoms with Gasteiger partial charge in [-0.05, 0) is 72.7 Å². The number of carbonyl (C=O) groups excluding carboxylic acids is 1. The molecule has 3 rings (SSSR count). The summed E-state index contributed by atoms with van der Waals surface area (Å²) in [7, 11) is 1.60. The second kappa shape index (κ2) is 7.70. The zero-order valence-corrected chi connectivity index (χ0v) is 15.9. The number of tetrazole rings is 1. The van der Waals surface area contributed by atoms with Gasteiger partial charge in [-0.2, -0.15) is 4.68 Å². The lowest BCUT2D eigenvalue weighted by Crippen LogP contribution is -2.15. The van der Waals surface area contributed by atoms with Crippen LogP contribution in [-0.4, -0.2) is 38.4 Å². The number of carbonyl (C=O) groups is 1. The Kier molecular flexibility index (Phi) is 5.37. The van der Waals surface area contributed by atoms with Crippen molar-refractivity contribution < 1.29 is 9.53 Å². The van der Waals surface area contributed by atoms with Crippen LogP contribution in [0.15, 0.2) is 47.6 Å². The van der Waals surface area contributed by atoms with E-state index in [1.807, 2.05) is 39.0 Å². The van der Waals surface area contributed by atoms with E-state index in [-0.39, 0.29) is 11.0 Å². The Labute approximate surface area is 156 Å². The molecule has 26 heavy (non-hydrogen) atoms. The summed E-state index contributed by atoms with van der Waals surface area (Å²) >= 11 is 1.35. The molecule has 0 spiro atoms. The first kappa shape index (κ1) is 18.1. The summed E-state index contributed by atoms with van der Waals surface area (Å²) in [5.74, 6) is 0.744. The van der Waals surface area contributed by atoms with Crippen molar-refractivity contribution in [2.45, 2.75) is 31.2 Å². The smallest absolute Gasteiger partial charge is 0.214 e. The Balaban J connectivity index is 1.82. The third kappa shape index (κ3) is 3.62. The van der Waals surface area contributed by atoms with Crippen molar-refractivity contribution in [2.75, 3.05) is 7.11 Å². The summed E-state index contributed by atoms with van der Waals surface area (Å²) in [5.41, 5.74) is 3.82. The Morgan fingerprint density at radius 2 is 1.88 bits per heavy atom. The molecule has 0 amide bonds. The van der Waals surface area contributed by atoms with Crippen molar-refractivity contribution in [3.05, 3.63) is 59.2 Å². The van der Waals surface area contributed by atoms with Gasteiger partial charge >= 0.3 is 0 Å². The summed E-state index contributed by atoms with van der Waals surface area (Å²) in [5, 5.41) is 12.3. The number of hydrogen-bond acceptors (Lipinski definition) is 6. The van der Waals surface area contributed by atoms with Crippen LogP contribution in [-0.2, 0) is 0 Å². The number of Topliss-reactive ketones (excluding diaryl/α,β-unsaturated/α-hetero) is 1. The van der Waals surface area contributed by atoms with Gasteiger partial charge < -0.3 is 4.74 Å². The van der Waals surface area contributed by atoms with Crippen LogP contribution in [0.4, 0.5) is 0 Å². The van der Waals surface area contributed by atoms with Gasteiger partial charge in [0.25, 0.3) is 0 Å². The van der Waals surface area contributed by atoms with E-state index in [9.17, 15) is 4.79 Å². The molecule has 3 aromatic rings. The highest BCUT2D eigenvalue weighted by atomic mass is 32.2. The Morgan fingerprint density at radius 1 is 1.15 bits per heavy atom. The maximum atomic E-state index is 12.7. The first-order valence-corrected chi connectivity index (χ1v) is 9.09. The fraction of sp³-hybridized carbons (Fsp3) is 0.263. The first-order chi connectivity index (χ1) is 12.5. The molecule has 0 aliphatic heterocycles. The fourth-order valence-corrected chi connectivity index (χ4v) is 3.45. The molecule has 2 aromatic carbocycles. The summed E-state index contributed by atoms with van der Waals surface area (Å²) in [6.45, 7) is 5.94. The van der Waals surface area contributed by atoms with E-state index in [4.69, 9.17) is 4.74 Å². The molecule has 0 aliphatic rings. The van der Waals surface area contributed by atoms with Gasteiger partial charge in [-0.1, -0.05) is 23.9 Å². The largest absolute Gasteiger partial charge is 0.497 e. The SMILES string of the molecule is COc1ccc(C(=O)C(C)Sc2nnnn2-c2cccc(C)c2C)cc1. The van der Waals surface area contributed by atoms with E-state index >= 15 is 0 Å². The minimum absolute atomic E-state index is 0.0215. The zero-order chi connectivity index (χ0) is 18.7. The van der Waals surface area contributed by atoms with Crippen molar-refractivity contribution in [3.63, 3.8) is 0 Å². The number of thioether (sulfide) groups is 1. The van der Waals surface area contributed by atoms with Crippen LogP contribution in [0.25, 0.3) is 5.69 Å². The van der Waals surface area contributed by atoms with E-state index in [0.29, 0.717) is 10.7 Å². The number of rotatable bonds is 6. The first-order valence-electron chi connectivity index (χ1n) is 8.21. The summed E-state index contributed by atoms with van der Waals surface area (Å²) in [6.07, 6.45) is 0. The minimum Gasteiger partial charge on any atom is -0.497 e. The van der Waals surface area contributed by atoms with Gasteiger partial charge in [-0.25, -0.2) is 0 Å². The van der Waals surface area contributed by atoms with Gasteiger partial charge in [0.2, 0.25) is 5.16 Å². The molecule has 0 bridgehead atoms. The monoisotopic (exact) mass is 368 g/mol. The van der Waals surface area contributed by atoms with Gasteiger partial charge in [0.05, 0.1) is 18.0 Å². The molecular formula is C19H20N4O2S. The molecule has 6 nitrogen and oxygen atoms in total. The van der Waals surface area contributed by atoms with Gasteiger partial charge in [0.1, 0.15) is 5.75 Å². The molecule has 0 fully saturated rings. The Hall–Kier alpha value is -2.67. The highest BCUT2D eigenvalue weighted by Gasteiger charge is 2.21. The highest BCUT2D eigenvalue weighted by molar-refractivity contribution is 8.00. The van der Waals surface area contributed by atoms with Crippen LogP contribution in [0.5, 0.6) is 5.75 Å². The van der Waals surface area contributed by atoms with Gasteiger partial charge in [-0.15, -0.1) is 5.10 Å². The minimum atomic E-state index is -0.321. The molecule has 1 atom stereocenters. The van der Waals surface area contributed by atoms with Gasteiger partial charge in [0.15, 0.2) is 5.78 Å². The number of methoxy groups -OCH3 is 1. The molecule has 1 heterocycles. The second-order valence-corrected chi connectivity index (χ2v) is 7.25. The van der Waals surface area contributed by atoms with Crippen molar-refractivity contribution in [2.24, 2.45) is 0 Å². The van der Waals surface area contributed by atoms with Crippen molar-refractivity contribution in [1.29, 1.82) is 0 Å². The summed E-state index contributed by atoms with van der Waals surface area (Å²) in [4.78, 5) is 12.7. The Morgan fingerprint density at radius 3 is 2.58 bits per heavy atom. The van der Waals surface area contributed by atoms with E-state index < -0.39 is 0 Å². The van der Waals surface area contributed by atoms with Crippen molar-refractivity contribution in [3.8, 4) is 11.4 Å². The van der Waals surface area contributed by atoms with E-state index in [1.165, 1.54) is 11.8 Å². The zero-order valence-electron chi connectivity index (χ0n) is 15.1. The third-order valence-electron chi connectivity index (χ3n) is 4.27. The van der Waals surface area contributed by atoms with Crippen molar-refractivity contribution >= 4 is 17.5 Å². The maximum Gasteiger partial charge on any atom is 0.214 e. The van der Waals surface area contributed by atoms with E-state index in [0.717, 1.165) is 22.6 Å². The highest BCUT2D eigenvalue weighted by Crippen LogP contribution is 2.27. The third-order valence-corrected chi connectivity index (χ3v) is 5.30. The van der Waals surface area contributed by atoms with Gasteiger partial charge in [0, 0.05) is 5.56 Å². The number of aromatic nitrogens is 4. The van der Waals surface area contributed by atoms with Crippen LogP contribution in [0.3, 0.4) is 0 Å². The van der Waals surface area contributed by atoms with Crippen LogP contribution in [0.2, 0.25) is 0 Å². The number of aryl methyl sites for hydroxylation is 1. The lowest BCUT2D eigenvalue weighted by molar-refractivity contribution is 0.0994. The lowest BCUT2D eigenvalue weighted by Gasteiger charge is -2.12. The predicted octanol–water partition coefficient (Wildman–Crippen LogP) is 3.65. The summed E-state index contributed by atoms with van der Waals surface area (Å²) < 4.78 is 6.82. The van der Waals surface area contributed by atoms with Crippen LogP contribution in [0.1, 0.15) is 28.4 Å². The number of hydrogen-bond donors (Lipinski definition) is 0. The normalized spacial score (nSPS) is 12.0. The second-order valence-electron chi connectivity index (χ2n) is 5.95. The van der Waals surface area contributed by atoms with Crippen LogP contribution in [0, 0.1) is 13.8 Å². The molecule has 0 N–H and O–H groups in total. The maximum absolute atomic E-state index is 12.7. The predicted molar refractivity (Wildman–Crippen MR) is 101 cm³/mol. The average molecular weight is 368 g/mol. The van der Waals surface area contributed by atoms with E-state index in [2.05, 4.69) is 15.5 Å². The molecule has 0 aliphatic carbocycles. The molecule has 0 saturated carbocycles. The topological polar surface area (TPSA) is 69.9 Å². The molecule has 134 valence electrons. The number of nitrogens with zero attached hydrogens (tertiary/aromatic N) is 4. The number of ether oxygens (including phenoxy) is 1. The molecule has 1 unspecified atom stereocenters. The quantitative estimate of drug-likeness (QED) is 0.489. The van der Waals surface area contributed by atoms with Crippen molar-refractivity contribution in [1.82, 2.24) is 20.2 Å². The molecule has 1 aromatic heterocycles. The molecule has 0 saturated heterocycles. The average Bonchev–Trinajstić information content (AvgIpc) is 3.11. The van der Waals surface area contributed by atoms with E-state index in [1.54, 1.807) is 36.1 Å². The van der Waals surface area contributed by atoms with Gasteiger partial charge in [-0.3, -0.25) is 4.79 Å². The molecular weight excluding hydrogens is 348 g/mol. The fourth-order valence-electron chi connectivity index (χ4n) is 2.57. The molecule has 7 heteroatoms. The van der Waals surface area contributed by atoms with Crippen LogP contribution < -0.4 is 4.74 Å². The Bertz CT molecular complexity index is 922. The van der Waals surface area contributed by atoms with Crippen LogP contribution >= 0.6 is 11.8 Å². The standard InChI is InChI=1S/C19H20N4O2S/c1-12-6-5-7-17(13(12)2)23-19(20-21-22-23)26-14(3)18(24)15-8-10-16(25-4)11-9-15/h5-11,14H,1-4H3. The summed E-state index contributed by atoms with van der Waals surface area (Å²) in [6, 6.07) is 13.1. The lowest BCUT2D eigenvalue weighted by atomic mass is 10.1. The number of ketones is 1. The molecule has 0 radical (unpaired) electrons. The number of benzene rings is 2.